The number of hydrogen-bond donors (Lipinski definition) is 2. The highest BCUT2D eigenvalue weighted by molar-refractivity contribution is 7.10. The van der Waals surface area contributed by atoms with Gasteiger partial charge in [-0.25, -0.2) is 9.97 Å². The Labute approximate surface area is 117 Å². The van der Waals surface area contributed by atoms with E-state index in [1.807, 2.05) is 6.07 Å². The molecular weight excluding hydrogens is 286 g/mol. The van der Waals surface area contributed by atoms with Crippen LogP contribution >= 0.6 is 23.1 Å². The van der Waals surface area contributed by atoms with E-state index >= 15 is 0 Å². The summed E-state index contributed by atoms with van der Waals surface area (Å²) >= 11 is 7.00. The maximum Gasteiger partial charge on any atom is 0.278 e. The smallest absolute Gasteiger partial charge is 0.278 e. The van der Waals surface area contributed by atoms with E-state index in [0.717, 1.165) is 24.4 Å². The molecule has 0 radical (unpaired) electrons. The number of H-pyrrole nitrogens is 1. The number of halogens is 1. The fourth-order valence-electron chi connectivity index (χ4n) is 1.63. The summed E-state index contributed by atoms with van der Waals surface area (Å²) in [4.78, 5) is 19.9. The molecule has 2 aromatic rings. The van der Waals surface area contributed by atoms with Gasteiger partial charge >= 0.3 is 0 Å². The number of hydrogen-bond acceptors (Lipinski definition) is 6. The molecule has 2 aromatic heterocycles. The largest absolute Gasteiger partial charge is 0.329 e. The first kappa shape index (κ1) is 12.1. The van der Waals surface area contributed by atoms with Crippen molar-refractivity contribution in [1.29, 1.82) is 5.26 Å². The topological polar surface area (TPSA) is 94.5 Å². The van der Waals surface area contributed by atoms with Crippen molar-refractivity contribution in [3.8, 4) is 6.07 Å². The lowest BCUT2D eigenvalue weighted by atomic mass is 10.3. The summed E-state index contributed by atoms with van der Waals surface area (Å²) in [5.74, 6) is 1.57. The molecule has 0 spiro atoms. The highest BCUT2D eigenvalue weighted by Gasteiger charge is 2.27. The first-order valence-electron chi connectivity index (χ1n) is 5.60. The molecule has 3 rings (SSSR count). The van der Waals surface area contributed by atoms with E-state index in [1.165, 1.54) is 0 Å². The van der Waals surface area contributed by atoms with Crippen molar-refractivity contribution in [2.24, 2.45) is 0 Å². The lowest BCUT2D eigenvalue weighted by Crippen LogP contribution is -2.04. The molecule has 96 valence electrons. The van der Waals surface area contributed by atoms with Gasteiger partial charge in [0.15, 0.2) is 5.56 Å². The lowest BCUT2D eigenvalue weighted by Gasteiger charge is -2.05. The van der Waals surface area contributed by atoms with Crippen molar-refractivity contribution in [2.75, 3.05) is 5.32 Å². The van der Waals surface area contributed by atoms with Crippen LogP contribution in [0.25, 0.3) is 0 Å². The minimum Gasteiger partial charge on any atom is -0.329 e. The van der Waals surface area contributed by atoms with Crippen molar-refractivity contribution >= 4 is 34.0 Å². The standard InChI is InChI=1S/C11H8ClN5OS/c12-7-3-8(15-9(14-7)5-1-2-5)16-11-6(4-13)10(18)17-19-11/h3,5H,1-2H2,(H,17,18)(H,14,15,16). The third kappa shape index (κ3) is 2.45. The number of nitriles is 1. The molecule has 0 bridgehead atoms. The predicted octanol–water partition coefficient (Wildman–Crippen LogP) is 2.37. The van der Waals surface area contributed by atoms with Crippen LogP contribution in [0.1, 0.15) is 30.1 Å². The Morgan fingerprint density at radius 2 is 2.32 bits per heavy atom. The molecule has 2 N–H and O–H groups in total. The zero-order chi connectivity index (χ0) is 13.4. The molecule has 0 aromatic carbocycles. The summed E-state index contributed by atoms with van der Waals surface area (Å²) < 4.78 is 2.50. The molecule has 1 aliphatic carbocycles. The number of nitrogens with one attached hydrogen (secondary N) is 2. The van der Waals surface area contributed by atoms with Crippen LogP contribution in [-0.4, -0.2) is 14.3 Å². The molecule has 19 heavy (non-hydrogen) atoms. The fraction of sp³-hybridized carbons (Fsp3) is 0.273. The van der Waals surface area contributed by atoms with Crippen molar-refractivity contribution in [3.05, 3.63) is 33.0 Å². The Balaban J connectivity index is 1.94. The Morgan fingerprint density at radius 3 is 3.00 bits per heavy atom. The van der Waals surface area contributed by atoms with Gasteiger partial charge in [0.05, 0.1) is 0 Å². The van der Waals surface area contributed by atoms with E-state index in [4.69, 9.17) is 16.9 Å². The zero-order valence-corrected chi connectivity index (χ0v) is 11.2. The highest BCUT2D eigenvalue weighted by atomic mass is 35.5. The molecule has 6 nitrogen and oxygen atoms in total. The minimum atomic E-state index is -0.405. The van der Waals surface area contributed by atoms with E-state index < -0.39 is 5.56 Å². The van der Waals surface area contributed by atoms with Gasteiger partial charge in [0.2, 0.25) is 0 Å². The highest BCUT2D eigenvalue weighted by Crippen LogP contribution is 2.39. The van der Waals surface area contributed by atoms with E-state index in [9.17, 15) is 4.79 Å². The average Bonchev–Trinajstić information content (AvgIpc) is 3.15. The van der Waals surface area contributed by atoms with Crippen molar-refractivity contribution < 1.29 is 0 Å². The first-order chi connectivity index (χ1) is 9.17. The summed E-state index contributed by atoms with van der Waals surface area (Å²) in [6.07, 6.45) is 2.14. The Kier molecular flexibility index (Phi) is 2.97. The van der Waals surface area contributed by atoms with Crippen molar-refractivity contribution in [3.63, 3.8) is 0 Å². The van der Waals surface area contributed by atoms with Gasteiger partial charge in [0.1, 0.15) is 27.9 Å². The van der Waals surface area contributed by atoms with Crippen LogP contribution in [0.2, 0.25) is 5.15 Å². The number of aromatic nitrogens is 3. The van der Waals surface area contributed by atoms with Gasteiger partial charge in [-0.05, 0) is 24.4 Å². The number of aromatic amines is 1. The molecule has 0 saturated heterocycles. The SMILES string of the molecule is N#Cc1c(Nc2cc(Cl)nc(C3CC3)n2)s[nH]c1=O. The molecule has 1 aliphatic rings. The maximum absolute atomic E-state index is 11.3. The van der Waals surface area contributed by atoms with Gasteiger partial charge in [-0.15, -0.1) is 0 Å². The van der Waals surface area contributed by atoms with Gasteiger partial charge in [-0.3, -0.25) is 9.17 Å². The minimum absolute atomic E-state index is 0.0488. The normalized spacial score (nSPS) is 14.1. The van der Waals surface area contributed by atoms with Crippen LogP contribution in [0.15, 0.2) is 10.9 Å². The quantitative estimate of drug-likeness (QED) is 0.847. The van der Waals surface area contributed by atoms with E-state index in [0.29, 0.717) is 27.7 Å². The Morgan fingerprint density at radius 1 is 1.53 bits per heavy atom. The fourth-order valence-corrected chi connectivity index (χ4v) is 2.51. The maximum atomic E-state index is 11.3. The number of anilines is 2. The van der Waals surface area contributed by atoms with E-state index in [2.05, 4.69) is 19.7 Å². The molecule has 2 heterocycles. The summed E-state index contributed by atoms with van der Waals surface area (Å²) in [5, 5.41) is 12.6. The van der Waals surface area contributed by atoms with Crippen LogP contribution in [0, 0.1) is 11.3 Å². The third-order valence-electron chi connectivity index (χ3n) is 2.71. The molecule has 0 amide bonds. The summed E-state index contributed by atoms with van der Waals surface area (Å²) in [6, 6.07) is 3.42. The summed E-state index contributed by atoms with van der Waals surface area (Å²) in [5.41, 5.74) is -0.356. The second-order valence-electron chi connectivity index (χ2n) is 4.18. The molecule has 0 atom stereocenters. The Bertz CT molecular complexity index is 727. The molecule has 0 aliphatic heterocycles. The van der Waals surface area contributed by atoms with Crippen molar-refractivity contribution in [1.82, 2.24) is 14.3 Å². The van der Waals surface area contributed by atoms with Gasteiger partial charge in [-0.2, -0.15) is 5.26 Å². The van der Waals surface area contributed by atoms with E-state index in [1.54, 1.807) is 6.07 Å². The third-order valence-corrected chi connectivity index (χ3v) is 3.70. The van der Waals surface area contributed by atoms with Gasteiger partial charge in [0.25, 0.3) is 5.56 Å². The van der Waals surface area contributed by atoms with Gasteiger partial charge < -0.3 is 5.32 Å². The first-order valence-corrected chi connectivity index (χ1v) is 6.80. The molecule has 8 heteroatoms. The van der Waals surface area contributed by atoms with Gasteiger partial charge in [0, 0.05) is 12.0 Å². The van der Waals surface area contributed by atoms with Crippen LogP contribution < -0.4 is 10.9 Å². The van der Waals surface area contributed by atoms with Crippen LogP contribution in [0.5, 0.6) is 0 Å². The average molecular weight is 294 g/mol. The van der Waals surface area contributed by atoms with E-state index in [-0.39, 0.29) is 5.56 Å². The monoisotopic (exact) mass is 293 g/mol. The molecule has 1 saturated carbocycles. The molecular formula is C11H8ClN5OS. The number of nitrogens with zero attached hydrogens (tertiary/aromatic N) is 3. The summed E-state index contributed by atoms with van der Waals surface area (Å²) in [7, 11) is 0. The summed E-state index contributed by atoms with van der Waals surface area (Å²) in [6.45, 7) is 0. The Hall–Kier alpha value is -1.91. The van der Waals surface area contributed by atoms with Crippen LogP contribution in [-0.2, 0) is 0 Å². The second-order valence-corrected chi connectivity index (χ2v) is 5.39. The second kappa shape index (κ2) is 4.64. The van der Waals surface area contributed by atoms with Gasteiger partial charge in [-0.1, -0.05) is 11.6 Å². The van der Waals surface area contributed by atoms with Crippen molar-refractivity contribution in [2.45, 2.75) is 18.8 Å². The number of rotatable bonds is 3. The molecule has 1 fully saturated rings. The zero-order valence-electron chi connectivity index (χ0n) is 9.61. The predicted molar refractivity (Wildman–Crippen MR) is 72.0 cm³/mol. The van der Waals surface area contributed by atoms with Crippen LogP contribution in [0.4, 0.5) is 10.8 Å². The molecule has 0 unspecified atom stereocenters. The van der Waals surface area contributed by atoms with Crippen LogP contribution in [0.3, 0.4) is 0 Å². The lowest BCUT2D eigenvalue weighted by molar-refractivity contribution is 0.931.